The van der Waals surface area contributed by atoms with E-state index in [-0.39, 0.29) is 17.6 Å². The first kappa shape index (κ1) is 12.7. The SMILES string of the molecule is CCC(C)(C)OC(=O)N1CCC(O)C2(CC2)C1. The average Bonchev–Trinajstić information content (AvgIpc) is 3.03. The summed E-state index contributed by atoms with van der Waals surface area (Å²) in [5, 5.41) is 9.90. The molecule has 2 rings (SSSR count). The van der Waals surface area contributed by atoms with Gasteiger partial charge in [0.1, 0.15) is 5.60 Å². The minimum Gasteiger partial charge on any atom is -0.443 e. The van der Waals surface area contributed by atoms with Gasteiger partial charge in [-0.1, -0.05) is 6.92 Å². The number of hydrogen-bond acceptors (Lipinski definition) is 3. The molecule has 0 aromatic carbocycles. The van der Waals surface area contributed by atoms with E-state index in [2.05, 4.69) is 0 Å². The van der Waals surface area contributed by atoms with Gasteiger partial charge < -0.3 is 14.7 Å². The van der Waals surface area contributed by atoms with Crippen molar-refractivity contribution in [2.45, 2.75) is 58.2 Å². The maximum Gasteiger partial charge on any atom is 0.410 e. The molecule has 4 nitrogen and oxygen atoms in total. The minimum atomic E-state index is -0.399. The highest BCUT2D eigenvalue weighted by molar-refractivity contribution is 5.68. The molecule has 1 aliphatic carbocycles. The first-order valence-corrected chi connectivity index (χ1v) is 6.54. The number of carbonyl (C=O) groups is 1. The molecule has 0 bridgehead atoms. The summed E-state index contributed by atoms with van der Waals surface area (Å²) in [5.41, 5.74) is -0.405. The van der Waals surface area contributed by atoms with Crippen LogP contribution in [-0.4, -0.2) is 40.9 Å². The van der Waals surface area contributed by atoms with Crippen LogP contribution in [0.2, 0.25) is 0 Å². The fraction of sp³-hybridized carbons (Fsp3) is 0.923. The summed E-state index contributed by atoms with van der Waals surface area (Å²) < 4.78 is 5.49. The maximum absolute atomic E-state index is 12.0. The second-order valence-electron chi connectivity index (χ2n) is 6.07. The van der Waals surface area contributed by atoms with Crippen molar-refractivity contribution in [1.29, 1.82) is 0 Å². The molecule has 2 fully saturated rings. The number of nitrogens with zero attached hydrogens (tertiary/aromatic N) is 1. The molecule has 98 valence electrons. The number of hydrogen-bond donors (Lipinski definition) is 1. The summed E-state index contributed by atoms with van der Waals surface area (Å²) in [7, 11) is 0. The predicted molar refractivity (Wildman–Crippen MR) is 64.7 cm³/mol. The van der Waals surface area contributed by atoms with E-state index < -0.39 is 5.60 Å². The Hall–Kier alpha value is -0.770. The third-order valence-corrected chi connectivity index (χ3v) is 4.25. The predicted octanol–water partition coefficient (Wildman–Crippen LogP) is 2.16. The van der Waals surface area contributed by atoms with Gasteiger partial charge in [0.15, 0.2) is 0 Å². The van der Waals surface area contributed by atoms with Gasteiger partial charge in [0, 0.05) is 18.5 Å². The van der Waals surface area contributed by atoms with Crippen LogP contribution in [-0.2, 0) is 4.74 Å². The lowest BCUT2D eigenvalue weighted by atomic mass is 9.92. The second kappa shape index (κ2) is 4.16. The zero-order valence-electron chi connectivity index (χ0n) is 11.0. The highest BCUT2D eigenvalue weighted by Gasteiger charge is 2.53. The van der Waals surface area contributed by atoms with Gasteiger partial charge in [-0.05, 0) is 39.5 Å². The molecule has 1 aliphatic heterocycles. The number of amides is 1. The van der Waals surface area contributed by atoms with E-state index in [9.17, 15) is 9.90 Å². The zero-order valence-corrected chi connectivity index (χ0v) is 11.0. The molecule has 0 aromatic rings. The van der Waals surface area contributed by atoms with Crippen molar-refractivity contribution in [2.24, 2.45) is 5.41 Å². The Morgan fingerprint density at radius 3 is 2.71 bits per heavy atom. The zero-order chi connectivity index (χ0) is 12.7. The van der Waals surface area contributed by atoms with Crippen molar-refractivity contribution in [2.75, 3.05) is 13.1 Å². The molecule has 4 heteroatoms. The number of aliphatic hydroxyl groups excluding tert-OH is 1. The van der Waals surface area contributed by atoms with Gasteiger partial charge in [-0.25, -0.2) is 4.79 Å². The summed E-state index contributed by atoms with van der Waals surface area (Å²) in [6.07, 6.45) is 3.10. The van der Waals surface area contributed by atoms with Crippen LogP contribution in [0.5, 0.6) is 0 Å². The molecule has 1 saturated heterocycles. The van der Waals surface area contributed by atoms with E-state index in [1.54, 1.807) is 4.90 Å². The molecule has 1 saturated carbocycles. The molecule has 1 atom stereocenters. The third-order valence-electron chi connectivity index (χ3n) is 4.25. The molecule has 0 radical (unpaired) electrons. The smallest absolute Gasteiger partial charge is 0.410 e. The Morgan fingerprint density at radius 1 is 1.53 bits per heavy atom. The number of piperidine rings is 1. The van der Waals surface area contributed by atoms with Crippen LogP contribution in [0.3, 0.4) is 0 Å². The van der Waals surface area contributed by atoms with E-state index in [1.807, 2.05) is 20.8 Å². The number of rotatable bonds is 2. The van der Waals surface area contributed by atoms with Crippen molar-refractivity contribution < 1.29 is 14.6 Å². The van der Waals surface area contributed by atoms with Crippen molar-refractivity contribution in [1.82, 2.24) is 4.90 Å². The molecule has 1 N–H and O–H groups in total. The van der Waals surface area contributed by atoms with Gasteiger partial charge in [-0.15, -0.1) is 0 Å². The van der Waals surface area contributed by atoms with Crippen LogP contribution < -0.4 is 0 Å². The van der Waals surface area contributed by atoms with Crippen molar-refractivity contribution in [3.8, 4) is 0 Å². The first-order chi connectivity index (χ1) is 7.88. The van der Waals surface area contributed by atoms with Crippen LogP contribution in [0.25, 0.3) is 0 Å². The first-order valence-electron chi connectivity index (χ1n) is 6.54. The number of carbonyl (C=O) groups excluding carboxylic acids is 1. The summed E-state index contributed by atoms with van der Waals surface area (Å²) in [6.45, 7) is 7.14. The maximum atomic E-state index is 12.0. The second-order valence-corrected chi connectivity index (χ2v) is 6.07. The Morgan fingerprint density at radius 2 is 2.18 bits per heavy atom. The summed E-state index contributed by atoms with van der Waals surface area (Å²) in [5.74, 6) is 0. The molecule has 1 heterocycles. The minimum absolute atomic E-state index is 0.00632. The van der Waals surface area contributed by atoms with Gasteiger partial charge in [-0.3, -0.25) is 0 Å². The highest BCUT2D eigenvalue weighted by atomic mass is 16.6. The molecular weight excluding hydrogens is 218 g/mol. The van der Waals surface area contributed by atoms with Crippen molar-refractivity contribution in [3.05, 3.63) is 0 Å². The third kappa shape index (κ3) is 2.57. The number of aliphatic hydroxyl groups is 1. The lowest BCUT2D eigenvalue weighted by Gasteiger charge is -2.37. The molecule has 0 aromatic heterocycles. The Labute approximate surface area is 103 Å². The van der Waals surface area contributed by atoms with Crippen LogP contribution in [0.15, 0.2) is 0 Å². The average molecular weight is 241 g/mol. The van der Waals surface area contributed by atoms with Crippen LogP contribution >= 0.6 is 0 Å². The molecule has 1 amide bonds. The summed E-state index contributed by atoms with van der Waals surface area (Å²) in [6, 6.07) is 0. The molecule has 1 spiro atoms. The van der Waals surface area contributed by atoms with E-state index in [0.29, 0.717) is 19.5 Å². The molecule has 1 unspecified atom stereocenters. The van der Waals surface area contributed by atoms with Crippen LogP contribution in [0.4, 0.5) is 4.79 Å². The summed E-state index contributed by atoms with van der Waals surface area (Å²) >= 11 is 0. The lowest BCUT2D eigenvalue weighted by Crippen LogP contribution is -2.49. The van der Waals surface area contributed by atoms with E-state index >= 15 is 0 Å². The van der Waals surface area contributed by atoms with E-state index in [1.165, 1.54) is 0 Å². The normalized spacial score (nSPS) is 27.1. The van der Waals surface area contributed by atoms with Gasteiger partial charge >= 0.3 is 6.09 Å². The fourth-order valence-electron chi connectivity index (χ4n) is 2.33. The summed E-state index contributed by atoms with van der Waals surface area (Å²) in [4.78, 5) is 13.8. The Kier molecular flexibility index (Phi) is 3.10. The standard InChI is InChI=1S/C13H23NO3/c1-4-12(2,3)17-11(16)14-8-5-10(15)13(9-14)6-7-13/h10,15H,4-9H2,1-3H3. The fourth-order valence-corrected chi connectivity index (χ4v) is 2.33. The largest absolute Gasteiger partial charge is 0.443 e. The topological polar surface area (TPSA) is 49.8 Å². The Bertz CT molecular complexity index is 310. The molecule has 17 heavy (non-hydrogen) atoms. The van der Waals surface area contributed by atoms with Crippen LogP contribution in [0, 0.1) is 5.41 Å². The number of ether oxygens (including phenoxy) is 1. The number of likely N-dealkylation sites (tertiary alicyclic amines) is 1. The lowest BCUT2D eigenvalue weighted by molar-refractivity contribution is -0.0221. The van der Waals surface area contributed by atoms with Gasteiger partial charge in [0.2, 0.25) is 0 Å². The quantitative estimate of drug-likeness (QED) is 0.806. The van der Waals surface area contributed by atoms with Crippen molar-refractivity contribution >= 4 is 6.09 Å². The highest BCUT2D eigenvalue weighted by Crippen LogP contribution is 2.52. The monoisotopic (exact) mass is 241 g/mol. The van der Waals surface area contributed by atoms with E-state index in [0.717, 1.165) is 19.3 Å². The van der Waals surface area contributed by atoms with Gasteiger partial charge in [0.25, 0.3) is 0 Å². The van der Waals surface area contributed by atoms with E-state index in [4.69, 9.17) is 4.74 Å². The van der Waals surface area contributed by atoms with Crippen LogP contribution in [0.1, 0.15) is 46.5 Å². The molecular formula is C13H23NO3. The van der Waals surface area contributed by atoms with Crippen molar-refractivity contribution in [3.63, 3.8) is 0 Å². The Balaban J connectivity index is 1.93. The van der Waals surface area contributed by atoms with Gasteiger partial charge in [0.05, 0.1) is 6.10 Å². The van der Waals surface area contributed by atoms with Gasteiger partial charge in [-0.2, -0.15) is 0 Å². The molecule has 2 aliphatic rings.